The Balaban J connectivity index is 1.59. The van der Waals surface area contributed by atoms with Crippen molar-refractivity contribution >= 4 is 34.7 Å². The molecule has 3 rings (SSSR count). The third kappa shape index (κ3) is 6.48. The first-order chi connectivity index (χ1) is 15.7. The molecule has 0 saturated carbocycles. The summed E-state index contributed by atoms with van der Waals surface area (Å²) in [6.07, 6.45) is 3.53. The number of nitrogens with zero attached hydrogens (tertiary/aromatic N) is 3. The van der Waals surface area contributed by atoms with Gasteiger partial charge in [0.05, 0.1) is 18.4 Å². The highest BCUT2D eigenvalue weighted by atomic mass is 16.4. The van der Waals surface area contributed by atoms with Crippen molar-refractivity contribution in [3.05, 3.63) is 52.1 Å². The monoisotopic (exact) mass is 453 g/mol. The van der Waals surface area contributed by atoms with Gasteiger partial charge in [0.2, 0.25) is 5.95 Å². The molecule has 2 heterocycles. The van der Waals surface area contributed by atoms with Gasteiger partial charge in [0.15, 0.2) is 11.2 Å². The number of carbonyl (C=O) groups is 2. The van der Waals surface area contributed by atoms with Crippen molar-refractivity contribution in [1.82, 2.24) is 25.3 Å². The smallest absolute Gasteiger partial charge is 0.326 e. The number of amides is 1. The number of nitrogen functional groups attached to an aromatic ring is 1. The van der Waals surface area contributed by atoms with Gasteiger partial charge in [-0.1, -0.05) is 26.7 Å². The highest BCUT2D eigenvalue weighted by Gasteiger charge is 2.20. The van der Waals surface area contributed by atoms with Gasteiger partial charge in [0, 0.05) is 11.3 Å². The van der Waals surface area contributed by atoms with Gasteiger partial charge in [-0.25, -0.2) is 14.8 Å². The topological polar surface area (TPSA) is 176 Å². The Hall–Kier alpha value is -4.02. The summed E-state index contributed by atoms with van der Waals surface area (Å²) in [6.45, 7) is 4.43. The van der Waals surface area contributed by atoms with E-state index >= 15 is 0 Å². The van der Waals surface area contributed by atoms with Crippen molar-refractivity contribution in [3.8, 4) is 0 Å². The van der Waals surface area contributed by atoms with Gasteiger partial charge in [-0.15, -0.1) is 0 Å². The molecule has 11 heteroatoms. The number of anilines is 2. The lowest BCUT2D eigenvalue weighted by molar-refractivity contribution is -0.139. The standard InChI is InChI=1S/C22H27N7O4/c1-12(2)4-3-5-16(21(32)33)27-19(30)13-6-8-14(9-7-13)24-10-15-11-25-18-17(26-15)20(31)29-22(23)28-18/h6-9,11-12,16,24H,3-5,10H2,1-2H3,(H,27,30)(H,32,33)(H3,23,25,28,29,31)/t16-/m0/s1. The molecule has 0 aliphatic rings. The molecule has 174 valence electrons. The van der Waals surface area contributed by atoms with Gasteiger partial charge in [-0.2, -0.15) is 4.98 Å². The quantitative estimate of drug-likeness (QED) is 0.307. The Morgan fingerprint density at radius 2 is 1.88 bits per heavy atom. The Morgan fingerprint density at radius 1 is 1.15 bits per heavy atom. The number of carboxylic acid groups (broad SMARTS) is 1. The molecule has 0 saturated heterocycles. The van der Waals surface area contributed by atoms with Gasteiger partial charge in [0.25, 0.3) is 5.91 Å². The van der Waals surface area contributed by atoms with Crippen LogP contribution in [-0.4, -0.2) is 43.0 Å². The number of rotatable bonds is 10. The third-order valence-corrected chi connectivity index (χ3v) is 4.99. The summed E-state index contributed by atoms with van der Waals surface area (Å²) < 4.78 is 0. The van der Waals surface area contributed by atoms with E-state index in [1.54, 1.807) is 24.3 Å². The molecule has 33 heavy (non-hydrogen) atoms. The Kier molecular flexibility index (Phi) is 7.54. The van der Waals surface area contributed by atoms with E-state index in [0.29, 0.717) is 29.3 Å². The number of benzene rings is 1. The second-order valence-electron chi connectivity index (χ2n) is 8.11. The second kappa shape index (κ2) is 10.5. The molecule has 0 bridgehead atoms. The van der Waals surface area contributed by atoms with Crippen LogP contribution in [0.2, 0.25) is 0 Å². The van der Waals surface area contributed by atoms with E-state index in [0.717, 1.165) is 12.8 Å². The zero-order chi connectivity index (χ0) is 24.0. The molecule has 0 radical (unpaired) electrons. The average Bonchev–Trinajstić information content (AvgIpc) is 2.77. The number of H-pyrrole nitrogens is 1. The maximum Gasteiger partial charge on any atom is 0.326 e. The number of hydrogen-bond donors (Lipinski definition) is 5. The number of fused-ring (bicyclic) bond motifs is 1. The van der Waals surface area contributed by atoms with Crippen molar-refractivity contribution in [3.63, 3.8) is 0 Å². The molecular formula is C22H27N7O4. The van der Waals surface area contributed by atoms with Crippen molar-refractivity contribution < 1.29 is 14.7 Å². The molecule has 2 aromatic heterocycles. The van der Waals surface area contributed by atoms with E-state index in [-0.39, 0.29) is 23.7 Å². The van der Waals surface area contributed by atoms with Gasteiger partial charge in [0.1, 0.15) is 6.04 Å². The van der Waals surface area contributed by atoms with Gasteiger partial charge >= 0.3 is 11.5 Å². The van der Waals surface area contributed by atoms with Crippen LogP contribution in [0, 0.1) is 5.92 Å². The molecule has 0 spiro atoms. The minimum Gasteiger partial charge on any atom is -0.480 e. The lowest BCUT2D eigenvalue weighted by Gasteiger charge is -2.15. The average molecular weight is 454 g/mol. The minimum atomic E-state index is -1.04. The van der Waals surface area contributed by atoms with E-state index in [9.17, 15) is 19.5 Å². The maximum absolute atomic E-state index is 12.5. The normalized spacial score (nSPS) is 12.0. The molecule has 0 fully saturated rings. The highest BCUT2D eigenvalue weighted by Crippen LogP contribution is 2.13. The summed E-state index contributed by atoms with van der Waals surface area (Å²) in [5.41, 5.74) is 6.88. The SMILES string of the molecule is CC(C)CCC[C@H](NC(=O)c1ccc(NCc2cnc3[nH]c(N)nc(=O)c3n2)cc1)C(=O)O. The van der Waals surface area contributed by atoms with E-state index in [1.807, 2.05) is 0 Å². The van der Waals surface area contributed by atoms with Crippen LogP contribution < -0.4 is 21.9 Å². The molecule has 1 aromatic carbocycles. The van der Waals surface area contributed by atoms with Gasteiger partial charge in [-0.05, 0) is 36.6 Å². The molecule has 1 amide bonds. The molecule has 0 aliphatic heterocycles. The first kappa shape index (κ1) is 23.6. The van der Waals surface area contributed by atoms with Crippen LogP contribution in [0.3, 0.4) is 0 Å². The van der Waals surface area contributed by atoms with Crippen molar-refractivity contribution in [1.29, 1.82) is 0 Å². The number of hydrogen-bond acceptors (Lipinski definition) is 8. The Bertz CT molecular complexity index is 1190. The molecule has 0 unspecified atom stereocenters. The van der Waals surface area contributed by atoms with E-state index in [2.05, 4.69) is 44.4 Å². The number of aromatic amines is 1. The van der Waals surface area contributed by atoms with Crippen LogP contribution in [0.25, 0.3) is 11.2 Å². The largest absolute Gasteiger partial charge is 0.480 e. The number of nitrogens with two attached hydrogens (primary N) is 1. The number of carbonyl (C=O) groups excluding carboxylic acids is 1. The Labute approximate surface area is 189 Å². The fraction of sp³-hybridized carbons (Fsp3) is 0.364. The fourth-order valence-electron chi connectivity index (χ4n) is 3.22. The van der Waals surface area contributed by atoms with Crippen molar-refractivity contribution in [2.24, 2.45) is 5.92 Å². The van der Waals surface area contributed by atoms with E-state index in [1.165, 1.54) is 6.20 Å². The van der Waals surface area contributed by atoms with E-state index in [4.69, 9.17) is 5.73 Å². The summed E-state index contributed by atoms with van der Waals surface area (Å²) in [5.74, 6) is -1.03. The van der Waals surface area contributed by atoms with Crippen LogP contribution in [0.15, 0.2) is 35.3 Å². The molecule has 11 nitrogen and oxygen atoms in total. The molecule has 6 N–H and O–H groups in total. The number of carboxylic acids is 1. The summed E-state index contributed by atoms with van der Waals surface area (Å²) in [5, 5.41) is 15.1. The van der Waals surface area contributed by atoms with Gasteiger partial charge < -0.3 is 26.5 Å². The molecule has 0 aliphatic carbocycles. The van der Waals surface area contributed by atoms with Crippen LogP contribution in [0.4, 0.5) is 11.6 Å². The maximum atomic E-state index is 12.5. The molecular weight excluding hydrogens is 426 g/mol. The number of nitrogens with one attached hydrogen (secondary N) is 3. The van der Waals surface area contributed by atoms with Crippen LogP contribution in [-0.2, 0) is 11.3 Å². The second-order valence-corrected chi connectivity index (χ2v) is 8.11. The lowest BCUT2D eigenvalue weighted by atomic mass is 10.0. The summed E-state index contributed by atoms with van der Waals surface area (Å²) in [4.78, 5) is 50.6. The lowest BCUT2D eigenvalue weighted by Crippen LogP contribution is -2.40. The number of aromatic nitrogens is 4. The first-order valence-corrected chi connectivity index (χ1v) is 10.6. The van der Waals surface area contributed by atoms with Crippen LogP contribution in [0.1, 0.15) is 49.2 Å². The Morgan fingerprint density at radius 3 is 2.55 bits per heavy atom. The zero-order valence-corrected chi connectivity index (χ0v) is 18.5. The van der Waals surface area contributed by atoms with E-state index < -0.39 is 23.5 Å². The van der Waals surface area contributed by atoms with Gasteiger partial charge in [-0.3, -0.25) is 9.59 Å². The highest BCUT2D eigenvalue weighted by molar-refractivity contribution is 5.96. The predicted octanol–water partition coefficient (Wildman–Crippen LogP) is 1.92. The summed E-state index contributed by atoms with van der Waals surface area (Å²) >= 11 is 0. The van der Waals surface area contributed by atoms with Crippen molar-refractivity contribution in [2.45, 2.75) is 45.7 Å². The van der Waals surface area contributed by atoms with Crippen molar-refractivity contribution in [2.75, 3.05) is 11.1 Å². The zero-order valence-electron chi connectivity index (χ0n) is 18.5. The minimum absolute atomic E-state index is 0.0259. The molecule has 1 atom stereocenters. The van der Waals surface area contributed by atoms with Crippen LogP contribution >= 0.6 is 0 Å². The summed E-state index contributed by atoms with van der Waals surface area (Å²) in [6, 6.07) is 5.69. The molecule has 3 aromatic rings. The first-order valence-electron chi connectivity index (χ1n) is 10.6. The fourth-order valence-corrected chi connectivity index (χ4v) is 3.22. The van der Waals surface area contributed by atoms with Crippen LogP contribution in [0.5, 0.6) is 0 Å². The summed E-state index contributed by atoms with van der Waals surface area (Å²) in [7, 11) is 0. The predicted molar refractivity (Wildman–Crippen MR) is 124 cm³/mol. The third-order valence-electron chi connectivity index (χ3n) is 4.99. The number of aliphatic carboxylic acids is 1.